The third kappa shape index (κ3) is 2.88. The minimum atomic E-state index is -3.75. The van der Waals surface area contributed by atoms with Crippen molar-refractivity contribution in [1.29, 1.82) is 0 Å². The molecule has 1 N–H and O–H groups in total. The Morgan fingerprint density at radius 3 is 2.48 bits per heavy atom. The number of halogens is 1. The summed E-state index contributed by atoms with van der Waals surface area (Å²) in [5.74, 6) is 0. The fourth-order valence-corrected chi connectivity index (χ4v) is 4.60. The van der Waals surface area contributed by atoms with Crippen molar-refractivity contribution in [1.82, 2.24) is 4.98 Å². The van der Waals surface area contributed by atoms with Gasteiger partial charge in [-0.05, 0) is 29.7 Å². The fourth-order valence-electron chi connectivity index (χ4n) is 2.85. The van der Waals surface area contributed by atoms with Crippen LogP contribution in [-0.4, -0.2) is 13.4 Å². The van der Waals surface area contributed by atoms with E-state index in [9.17, 15) is 8.42 Å². The van der Waals surface area contributed by atoms with Crippen molar-refractivity contribution in [3.63, 3.8) is 0 Å². The second kappa shape index (κ2) is 6.13. The zero-order valence-electron chi connectivity index (χ0n) is 13.0. The highest BCUT2D eigenvalue weighted by Crippen LogP contribution is 2.31. The molecule has 4 rings (SSSR count). The van der Waals surface area contributed by atoms with Crippen molar-refractivity contribution in [3.05, 3.63) is 77.4 Å². The number of aromatic nitrogens is 1. The predicted molar refractivity (Wildman–Crippen MR) is 104 cm³/mol. The van der Waals surface area contributed by atoms with E-state index in [0.717, 1.165) is 15.2 Å². The van der Waals surface area contributed by atoms with Crippen LogP contribution in [0.3, 0.4) is 0 Å². The average Bonchev–Trinajstić information content (AvgIpc) is 2.64. The molecule has 0 bridgehead atoms. The number of anilines is 1. The maximum absolute atomic E-state index is 13.0. The molecule has 0 amide bonds. The van der Waals surface area contributed by atoms with Gasteiger partial charge in [-0.25, -0.2) is 8.42 Å². The Morgan fingerprint density at radius 2 is 1.60 bits per heavy atom. The summed E-state index contributed by atoms with van der Waals surface area (Å²) in [5, 5.41) is 2.41. The van der Waals surface area contributed by atoms with E-state index in [-0.39, 0.29) is 4.90 Å². The Bertz CT molecular complexity index is 1200. The fraction of sp³-hybridized carbons (Fsp3) is 0. The molecule has 4 nitrogen and oxygen atoms in total. The lowest BCUT2D eigenvalue weighted by Gasteiger charge is -2.12. The Kier molecular flexibility index (Phi) is 3.94. The number of nitrogens with zero attached hydrogens (tertiary/aromatic N) is 1. The van der Waals surface area contributed by atoms with E-state index < -0.39 is 10.0 Å². The molecule has 0 saturated heterocycles. The van der Waals surface area contributed by atoms with Crippen LogP contribution < -0.4 is 4.72 Å². The molecule has 6 heteroatoms. The molecule has 0 radical (unpaired) electrons. The molecule has 0 atom stereocenters. The Balaban J connectivity index is 1.87. The van der Waals surface area contributed by atoms with Crippen molar-refractivity contribution in [2.24, 2.45) is 0 Å². The van der Waals surface area contributed by atoms with Crippen molar-refractivity contribution in [2.45, 2.75) is 4.90 Å². The number of hydrogen-bond acceptors (Lipinski definition) is 3. The Hall–Kier alpha value is -2.44. The van der Waals surface area contributed by atoms with E-state index in [1.54, 1.807) is 24.4 Å². The first-order valence-corrected chi connectivity index (χ1v) is 9.88. The number of benzene rings is 3. The molecule has 0 saturated carbocycles. The van der Waals surface area contributed by atoms with Gasteiger partial charge in [0.1, 0.15) is 0 Å². The van der Waals surface area contributed by atoms with Crippen LogP contribution >= 0.6 is 15.9 Å². The van der Waals surface area contributed by atoms with Crippen molar-refractivity contribution < 1.29 is 8.42 Å². The molecule has 0 aliphatic rings. The lowest BCUT2D eigenvalue weighted by atomic mass is 10.1. The third-order valence-corrected chi connectivity index (χ3v) is 6.12. The SMILES string of the molecule is O=S(=O)(Nc1ccc(Br)c2cccnc12)c1cccc2ccccc12. The number of nitrogens with one attached hydrogen (secondary N) is 1. The summed E-state index contributed by atoms with van der Waals surface area (Å²) < 4.78 is 29.5. The third-order valence-electron chi connectivity index (χ3n) is 4.00. The summed E-state index contributed by atoms with van der Waals surface area (Å²) >= 11 is 3.47. The highest BCUT2D eigenvalue weighted by atomic mass is 79.9. The number of rotatable bonds is 3. The van der Waals surface area contributed by atoms with Gasteiger partial charge in [0.15, 0.2) is 0 Å². The minimum Gasteiger partial charge on any atom is -0.277 e. The van der Waals surface area contributed by atoms with Gasteiger partial charge < -0.3 is 0 Å². The largest absolute Gasteiger partial charge is 0.277 e. The average molecular weight is 413 g/mol. The molecule has 0 aliphatic carbocycles. The molecule has 0 spiro atoms. The van der Waals surface area contributed by atoms with Gasteiger partial charge in [-0.15, -0.1) is 0 Å². The zero-order chi connectivity index (χ0) is 17.4. The maximum atomic E-state index is 13.0. The molecule has 0 fully saturated rings. The second-order valence-corrected chi connectivity index (χ2v) is 8.08. The van der Waals surface area contributed by atoms with E-state index in [2.05, 4.69) is 25.6 Å². The topological polar surface area (TPSA) is 59.1 Å². The maximum Gasteiger partial charge on any atom is 0.262 e. The molecular formula is C19H13BrN2O2S. The molecule has 0 unspecified atom stereocenters. The molecule has 4 aromatic rings. The lowest BCUT2D eigenvalue weighted by molar-refractivity contribution is 0.602. The number of pyridine rings is 1. The number of fused-ring (bicyclic) bond motifs is 2. The van der Waals surface area contributed by atoms with Gasteiger partial charge in [-0.3, -0.25) is 9.71 Å². The summed E-state index contributed by atoms with van der Waals surface area (Å²) in [6, 6.07) is 19.9. The van der Waals surface area contributed by atoms with E-state index in [1.807, 2.05) is 48.5 Å². The Morgan fingerprint density at radius 1 is 0.840 bits per heavy atom. The first-order valence-electron chi connectivity index (χ1n) is 7.60. The normalized spacial score (nSPS) is 11.7. The quantitative estimate of drug-likeness (QED) is 0.517. The minimum absolute atomic E-state index is 0.248. The van der Waals surface area contributed by atoms with Crippen molar-refractivity contribution in [2.75, 3.05) is 4.72 Å². The molecule has 3 aromatic carbocycles. The van der Waals surface area contributed by atoms with Crippen LogP contribution in [0, 0.1) is 0 Å². The van der Waals surface area contributed by atoms with Crippen LogP contribution in [0.1, 0.15) is 0 Å². The number of hydrogen-bond donors (Lipinski definition) is 1. The van der Waals surface area contributed by atoms with Crippen LogP contribution in [-0.2, 0) is 10.0 Å². The molecule has 124 valence electrons. The van der Waals surface area contributed by atoms with Crippen LogP contribution in [0.2, 0.25) is 0 Å². The summed E-state index contributed by atoms with van der Waals surface area (Å²) in [6.45, 7) is 0. The van der Waals surface area contributed by atoms with Crippen LogP contribution in [0.15, 0.2) is 82.3 Å². The lowest BCUT2D eigenvalue weighted by Crippen LogP contribution is -2.14. The van der Waals surface area contributed by atoms with E-state index in [0.29, 0.717) is 16.6 Å². The summed E-state index contributed by atoms with van der Waals surface area (Å²) in [4.78, 5) is 4.57. The molecule has 1 heterocycles. The standard InChI is InChI=1S/C19H13BrN2O2S/c20-16-10-11-17(19-15(16)8-4-12-21-19)22-25(23,24)18-9-3-6-13-5-1-2-7-14(13)18/h1-12,22H. The van der Waals surface area contributed by atoms with Gasteiger partial charge in [-0.2, -0.15) is 0 Å². The number of sulfonamides is 1. The summed E-state index contributed by atoms with van der Waals surface area (Å²) in [7, 11) is -3.75. The predicted octanol–water partition coefficient (Wildman–Crippen LogP) is 4.95. The van der Waals surface area contributed by atoms with Crippen LogP contribution in [0.4, 0.5) is 5.69 Å². The molecular weight excluding hydrogens is 400 g/mol. The summed E-state index contributed by atoms with van der Waals surface area (Å²) in [6.07, 6.45) is 1.64. The van der Waals surface area contributed by atoms with Gasteiger partial charge in [0.2, 0.25) is 0 Å². The van der Waals surface area contributed by atoms with Crippen LogP contribution in [0.5, 0.6) is 0 Å². The van der Waals surface area contributed by atoms with Crippen LogP contribution in [0.25, 0.3) is 21.7 Å². The molecule has 1 aromatic heterocycles. The van der Waals surface area contributed by atoms with Gasteiger partial charge in [-0.1, -0.05) is 58.4 Å². The van der Waals surface area contributed by atoms with Gasteiger partial charge in [0.05, 0.1) is 16.1 Å². The van der Waals surface area contributed by atoms with E-state index in [4.69, 9.17) is 0 Å². The van der Waals surface area contributed by atoms with E-state index >= 15 is 0 Å². The van der Waals surface area contributed by atoms with Gasteiger partial charge >= 0.3 is 0 Å². The zero-order valence-corrected chi connectivity index (χ0v) is 15.4. The molecule has 0 aliphatic heterocycles. The van der Waals surface area contributed by atoms with Crippen molar-refractivity contribution >= 4 is 53.3 Å². The first kappa shape index (κ1) is 16.1. The second-order valence-electron chi connectivity index (χ2n) is 5.58. The first-order chi connectivity index (χ1) is 12.1. The highest BCUT2D eigenvalue weighted by molar-refractivity contribution is 9.10. The summed E-state index contributed by atoms with van der Waals surface area (Å²) in [5.41, 5.74) is 1.05. The molecule has 25 heavy (non-hydrogen) atoms. The van der Waals surface area contributed by atoms with Gasteiger partial charge in [0.25, 0.3) is 10.0 Å². The van der Waals surface area contributed by atoms with Crippen molar-refractivity contribution in [3.8, 4) is 0 Å². The monoisotopic (exact) mass is 412 g/mol. The van der Waals surface area contributed by atoms with Gasteiger partial charge in [0, 0.05) is 21.4 Å². The Labute approximate surface area is 153 Å². The smallest absolute Gasteiger partial charge is 0.262 e. The van der Waals surface area contributed by atoms with E-state index in [1.165, 1.54) is 0 Å². The highest BCUT2D eigenvalue weighted by Gasteiger charge is 2.19.